The summed E-state index contributed by atoms with van der Waals surface area (Å²) in [6.07, 6.45) is 4.66. The van der Waals surface area contributed by atoms with Crippen molar-refractivity contribution in [3.63, 3.8) is 0 Å². The molecule has 1 nitrogen and oxygen atoms in total. The molecule has 158 valence electrons. The summed E-state index contributed by atoms with van der Waals surface area (Å²) in [5.41, 5.74) is 0. The van der Waals surface area contributed by atoms with Crippen molar-refractivity contribution in [1.82, 2.24) is 0 Å². The maximum atomic E-state index is 13.9. The lowest BCUT2D eigenvalue weighted by Crippen LogP contribution is -2.53. The fraction of sp³-hybridized carbons (Fsp3) is 0.333. The van der Waals surface area contributed by atoms with Gasteiger partial charge in [0.05, 0.1) is 0 Å². The Bertz CT molecular complexity index is 784. The van der Waals surface area contributed by atoms with Crippen molar-refractivity contribution in [2.45, 2.75) is 55.2 Å². The molecule has 0 aliphatic heterocycles. The Labute approximate surface area is 196 Å². The number of hydrogen-bond donors (Lipinski definition) is 0. The first-order chi connectivity index (χ1) is 14.5. The minimum absolute atomic E-state index is 0.443. The van der Waals surface area contributed by atoms with Crippen LogP contribution in [-0.2, 0) is 0 Å². The van der Waals surface area contributed by atoms with Gasteiger partial charge in [-0.1, -0.05) is 99.7 Å². The van der Waals surface area contributed by atoms with Crippen molar-refractivity contribution in [1.29, 1.82) is 0 Å². The zero-order valence-corrected chi connectivity index (χ0v) is 21.1. The van der Waals surface area contributed by atoms with Crippen molar-refractivity contribution >= 4 is 45.8 Å². The summed E-state index contributed by atoms with van der Waals surface area (Å²) in [5, 5.41) is 17.8. The van der Waals surface area contributed by atoms with E-state index in [1.807, 2.05) is 0 Å². The molecule has 0 saturated carbocycles. The third kappa shape index (κ3) is 4.66. The molecule has 30 heavy (non-hydrogen) atoms. The van der Waals surface area contributed by atoms with Gasteiger partial charge in [0.1, 0.15) is 26.3 Å². The van der Waals surface area contributed by atoms with Gasteiger partial charge in [0.25, 0.3) is 0 Å². The van der Waals surface area contributed by atoms with E-state index in [9.17, 15) is 5.11 Å². The van der Waals surface area contributed by atoms with E-state index >= 15 is 0 Å². The molecule has 0 fully saturated rings. The number of hydrogen-bond acceptors (Lipinski definition) is 1. The quantitative estimate of drug-likeness (QED) is 0.140. The van der Waals surface area contributed by atoms with E-state index in [0.29, 0.717) is 0 Å². The van der Waals surface area contributed by atoms with Crippen LogP contribution in [0, 0.1) is 0 Å². The van der Waals surface area contributed by atoms with Gasteiger partial charge in [-0.2, -0.15) is 0 Å². The van der Waals surface area contributed by atoms with Gasteiger partial charge in [-0.05, 0) is 65.9 Å². The highest BCUT2D eigenvalue weighted by Crippen LogP contribution is 2.69. The summed E-state index contributed by atoms with van der Waals surface area (Å²) in [4.78, 5) is 0. The summed E-state index contributed by atoms with van der Waals surface area (Å²) < 4.78 is -0.443. The molecular formula is C27H32IOP. The lowest BCUT2D eigenvalue weighted by molar-refractivity contribution is -0.421. The maximum Gasteiger partial charge on any atom is 0.128 e. The van der Waals surface area contributed by atoms with Gasteiger partial charge in [0.2, 0.25) is 0 Å². The first-order valence-corrected chi connectivity index (χ1v) is 13.8. The van der Waals surface area contributed by atoms with Gasteiger partial charge in [-0.15, -0.1) is 0 Å². The highest BCUT2D eigenvalue weighted by molar-refractivity contribution is 14.1. The Morgan fingerprint density at radius 3 is 1.50 bits per heavy atom. The molecule has 0 N–H and O–H groups in total. The predicted octanol–water partition coefficient (Wildman–Crippen LogP) is 5.83. The first kappa shape index (κ1) is 23.4. The van der Waals surface area contributed by atoms with Crippen LogP contribution in [0.5, 0.6) is 0 Å². The normalized spacial score (nSPS) is 14.8. The molecular weight excluding hydrogens is 498 g/mol. The number of halogens is 1. The Kier molecular flexibility index (Phi) is 8.51. The lowest BCUT2D eigenvalue weighted by Gasteiger charge is -2.46. The van der Waals surface area contributed by atoms with Crippen LogP contribution in [0.3, 0.4) is 0 Å². The summed E-state index contributed by atoms with van der Waals surface area (Å²) in [6, 6.07) is 32.3. The molecule has 0 saturated heterocycles. The minimum atomic E-state index is -2.19. The van der Waals surface area contributed by atoms with E-state index in [0.717, 1.165) is 19.3 Å². The van der Waals surface area contributed by atoms with Crippen molar-refractivity contribution in [3.8, 4) is 0 Å². The van der Waals surface area contributed by atoms with Gasteiger partial charge < -0.3 is 5.11 Å². The highest BCUT2D eigenvalue weighted by Gasteiger charge is 2.59. The zero-order chi connectivity index (χ0) is 21.5. The smallest absolute Gasteiger partial charge is 0.128 e. The van der Waals surface area contributed by atoms with Crippen molar-refractivity contribution < 1.29 is 5.11 Å². The van der Waals surface area contributed by atoms with Crippen molar-refractivity contribution in [3.05, 3.63) is 91.0 Å². The summed E-state index contributed by atoms with van der Waals surface area (Å²) in [7, 11) is -2.19. The van der Waals surface area contributed by atoms with Crippen LogP contribution in [0.2, 0.25) is 0 Å². The molecule has 0 aliphatic carbocycles. The van der Waals surface area contributed by atoms with Crippen LogP contribution in [0.1, 0.15) is 46.0 Å². The monoisotopic (exact) mass is 530 g/mol. The molecule has 0 heterocycles. The molecule has 0 bridgehead atoms. The Morgan fingerprint density at radius 2 is 1.13 bits per heavy atom. The van der Waals surface area contributed by atoms with Crippen molar-refractivity contribution in [2.24, 2.45) is 0 Å². The molecule has 3 aromatic rings. The lowest BCUT2D eigenvalue weighted by atomic mass is 10.1. The second-order valence-electron chi connectivity index (χ2n) is 8.04. The number of unbranched alkanes of at least 4 members (excludes halogenated alkanes) is 3. The van der Waals surface area contributed by atoms with Crippen LogP contribution < -0.4 is 21.0 Å². The van der Waals surface area contributed by atoms with E-state index < -0.39 is 16.5 Å². The largest absolute Gasteiger partial charge is 0.848 e. The molecule has 2 unspecified atom stereocenters. The summed E-state index contributed by atoms with van der Waals surface area (Å²) in [5.74, 6) is 0. The third-order valence-electron chi connectivity index (χ3n) is 5.99. The minimum Gasteiger partial charge on any atom is -0.848 e. The van der Waals surface area contributed by atoms with E-state index in [4.69, 9.17) is 0 Å². The molecule has 0 radical (unpaired) electrons. The van der Waals surface area contributed by atoms with Crippen LogP contribution in [0.4, 0.5) is 0 Å². The van der Waals surface area contributed by atoms with Crippen LogP contribution in [0.15, 0.2) is 91.0 Å². The molecule has 3 rings (SSSR count). The van der Waals surface area contributed by atoms with E-state index in [-0.39, 0.29) is 0 Å². The number of rotatable bonds is 10. The topological polar surface area (TPSA) is 23.1 Å². The molecule has 0 aromatic heterocycles. The average molecular weight is 530 g/mol. The second kappa shape index (κ2) is 10.9. The van der Waals surface area contributed by atoms with E-state index in [2.05, 4.69) is 127 Å². The molecule has 0 amide bonds. The van der Waals surface area contributed by atoms with Gasteiger partial charge in [0.15, 0.2) is 0 Å². The van der Waals surface area contributed by atoms with Gasteiger partial charge in [-0.25, -0.2) is 0 Å². The summed E-state index contributed by atoms with van der Waals surface area (Å²) in [6.45, 7) is 4.43. The fourth-order valence-electron chi connectivity index (χ4n) is 4.40. The maximum absolute atomic E-state index is 13.9. The second-order valence-corrected chi connectivity index (χ2v) is 15.0. The van der Waals surface area contributed by atoms with E-state index in [1.165, 1.54) is 28.8 Å². The van der Waals surface area contributed by atoms with Crippen molar-refractivity contribution in [2.75, 3.05) is 0 Å². The molecule has 3 aromatic carbocycles. The van der Waals surface area contributed by atoms with Gasteiger partial charge in [-0.3, -0.25) is 0 Å². The SMILES string of the molecule is CCCCCCC([O-])C(C)(I)[P+](c1ccccc1)(c1ccccc1)c1ccccc1. The average Bonchev–Trinajstić information content (AvgIpc) is 2.79. The van der Waals surface area contributed by atoms with Crippen LogP contribution in [0.25, 0.3) is 0 Å². The molecule has 0 aliphatic rings. The first-order valence-electron chi connectivity index (χ1n) is 11.0. The highest BCUT2D eigenvalue weighted by atomic mass is 127. The number of alkyl halides is 1. The molecule has 0 spiro atoms. The third-order valence-corrected chi connectivity index (χ3v) is 13.7. The summed E-state index contributed by atoms with van der Waals surface area (Å²) >= 11 is 2.53. The zero-order valence-electron chi connectivity index (χ0n) is 18.0. The Morgan fingerprint density at radius 1 is 0.733 bits per heavy atom. The van der Waals surface area contributed by atoms with Gasteiger partial charge >= 0.3 is 0 Å². The van der Waals surface area contributed by atoms with Crippen LogP contribution in [-0.4, -0.2) is 9.27 Å². The predicted molar refractivity (Wildman–Crippen MR) is 140 cm³/mol. The Hall–Kier alpha value is -1.22. The van der Waals surface area contributed by atoms with Gasteiger partial charge in [0, 0.05) is 0 Å². The molecule has 3 heteroatoms. The standard InChI is InChI=1S/C27H32IOP/c1-3-4-5-15-22-26(29)27(2,28)30(23-16-9-6-10-17-23,24-18-11-7-12-19-24)25-20-13-8-14-21-25/h6-14,16-21,26H,3-5,15,22H2,1-2H3. The molecule has 2 atom stereocenters. The number of benzene rings is 3. The Balaban J connectivity index is 2.20. The van der Waals surface area contributed by atoms with Crippen LogP contribution >= 0.6 is 29.9 Å². The fourth-order valence-corrected chi connectivity index (χ4v) is 12.0. The van der Waals surface area contributed by atoms with E-state index in [1.54, 1.807) is 0 Å².